The van der Waals surface area contributed by atoms with Crippen molar-refractivity contribution in [2.75, 3.05) is 0 Å². The molecule has 1 heterocycles. The van der Waals surface area contributed by atoms with Gasteiger partial charge in [-0.15, -0.1) is 0 Å². The predicted octanol–water partition coefficient (Wildman–Crippen LogP) is 0.463. The van der Waals surface area contributed by atoms with Crippen molar-refractivity contribution in [2.24, 2.45) is 5.73 Å². The van der Waals surface area contributed by atoms with Crippen LogP contribution in [0.4, 0.5) is 0 Å². The Morgan fingerprint density at radius 3 is 3.07 bits per heavy atom. The van der Waals surface area contributed by atoms with Gasteiger partial charge in [0.1, 0.15) is 0 Å². The van der Waals surface area contributed by atoms with Gasteiger partial charge in [-0.2, -0.15) is 0 Å². The first-order chi connectivity index (χ1) is 6.72. The van der Waals surface area contributed by atoms with Crippen molar-refractivity contribution in [2.45, 2.75) is 13.0 Å². The number of nitrogens with zero attached hydrogens (tertiary/aromatic N) is 1. The molecule has 0 aliphatic rings. The minimum Gasteiger partial charge on any atom is -0.392 e. The second-order valence-corrected chi connectivity index (χ2v) is 2.82. The average Bonchev–Trinajstić information content (AvgIpc) is 2.18. The Balaban J connectivity index is 2.66. The minimum absolute atomic E-state index is 0.0147. The van der Waals surface area contributed by atoms with Gasteiger partial charge in [0.15, 0.2) is 0 Å². The summed E-state index contributed by atoms with van der Waals surface area (Å²) < 4.78 is 0. The number of pyridine rings is 1. The maximum atomic E-state index is 10.4. The zero-order valence-electron chi connectivity index (χ0n) is 7.68. The molecule has 1 amide bonds. The average molecular weight is 192 g/mol. The molecule has 0 saturated carbocycles. The van der Waals surface area contributed by atoms with Crippen LogP contribution in [0.3, 0.4) is 0 Å². The van der Waals surface area contributed by atoms with Crippen LogP contribution >= 0.6 is 0 Å². The monoisotopic (exact) mass is 192 g/mol. The fraction of sp³-hybridized carbons (Fsp3) is 0.200. The molecule has 4 heteroatoms. The van der Waals surface area contributed by atoms with Crippen LogP contribution in [0.1, 0.15) is 17.7 Å². The molecule has 0 atom stereocenters. The molecule has 0 fully saturated rings. The molecule has 0 bridgehead atoms. The highest BCUT2D eigenvalue weighted by molar-refractivity contribution is 5.76. The van der Waals surface area contributed by atoms with Crippen LogP contribution in [-0.4, -0.2) is 16.0 Å². The smallest absolute Gasteiger partial charge is 0.221 e. The summed E-state index contributed by atoms with van der Waals surface area (Å²) in [6.45, 7) is -0.0147. The lowest BCUT2D eigenvalue weighted by Gasteiger charge is -1.96. The maximum absolute atomic E-state index is 10.4. The van der Waals surface area contributed by atoms with E-state index in [1.807, 2.05) is 0 Å². The summed E-state index contributed by atoms with van der Waals surface area (Å²) in [6, 6.07) is 3.48. The van der Waals surface area contributed by atoms with Gasteiger partial charge >= 0.3 is 0 Å². The number of hydrogen-bond donors (Lipinski definition) is 2. The van der Waals surface area contributed by atoms with E-state index >= 15 is 0 Å². The number of carbonyl (C=O) groups is 1. The topological polar surface area (TPSA) is 76.2 Å². The number of primary amides is 1. The largest absolute Gasteiger partial charge is 0.392 e. The highest BCUT2D eigenvalue weighted by Crippen LogP contribution is 2.03. The molecule has 1 aromatic rings. The van der Waals surface area contributed by atoms with Gasteiger partial charge in [0, 0.05) is 12.6 Å². The lowest BCUT2D eigenvalue weighted by molar-refractivity contribution is -0.117. The van der Waals surface area contributed by atoms with Crippen LogP contribution in [0.2, 0.25) is 0 Å². The van der Waals surface area contributed by atoms with Gasteiger partial charge in [0.05, 0.1) is 12.3 Å². The first-order valence-corrected chi connectivity index (χ1v) is 4.23. The molecule has 0 aromatic carbocycles. The van der Waals surface area contributed by atoms with Crippen molar-refractivity contribution in [3.63, 3.8) is 0 Å². The number of nitrogens with two attached hydrogens (primary N) is 1. The summed E-state index contributed by atoms with van der Waals surface area (Å²) in [5.41, 5.74) is 6.46. The van der Waals surface area contributed by atoms with Gasteiger partial charge in [0.25, 0.3) is 0 Å². The summed E-state index contributed by atoms with van der Waals surface area (Å²) in [4.78, 5) is 14.5. The Labute approximate surface area is 82.1 Å². The van der Waals surface area contributed by atoms with E-state index in [1.165, 1.54) is 0 Å². The molecule has 0 radical (unpaired) electrons. The fourth-order valence-corrected chi connectivity index (χ4v) is 0.980. The Morgan fingerprint density at radius 2 is 2.43 bits per heavy atom. The summed E-state index contributed by atoms with van der Waals surface area (Å²) in [6.07, 6.45) is 5.15. The molecule has 1 rings (SSSR count). The van der Waals surface area contributed by atoms with Crippen LogP contribution < -0.4 is 5.73 Å². The van der Waals surface area contributed by atoms with Crippen LogP contribution in [0.5, 0.6) is 0 Å². The molecular weight excluding hydrogens is 180 g/mol. The van der Waals surface area contributed by atoms with Crippen LogP contribution in [0.25, 0.3) is 6.08 Å². The lowest BCUT2D eigenvalue weighted by Crippen LogP contribution is -2.07. The van der Waals surface area contributed by atoms with Crippen molar-refractivity contribution < 1.29 is 9.90 Å². The summed E-state index contributed by atoms with van der Waals surface area (Å²) in [5, 5.41) is 8.85. The molecule has 1 aromatic heterocycles. The molecule has 74 valence electrons. The maximum Gasteiger partial charge on any atom is 0.221 e. The molecule has 0 spiro atoms. The van der Waals surface area contributed by atoms with Crippen molar-refractivity contribution in [1.29, 1.82) is 0 Å². The number of aliphatic hydroxyl groups is 1. The van der Waals surface area contributed by atoms with Gasteiger partial charge in [0.2, 0.25) is 5.91 Å². The highest BCUT2D eigenvalue weighted by Gasteiger charge is 1.92. The summed E-state index contributed by atoms with van der Waals surface area (Å²) in [7, 11) is 0. The fourth-order valence-electron chi connectivity index (χ4n) is 0.980. The SMILES string of the molecule is NC(=O)CC=Cc1cc(CO)ccn1. The van der Waals surface area contributed by atoms with Crippen LogP contribution in [-0.2, 0) is 11.4 Å². The van der Waals surface area contributed by atoms with E-state index in [0.29, 0.717) is 5.69 Å². The van der Waals surface area contributed by atoms with Crippen LogP contribution in [0.15, 0.2) is 24.4 Å². The number of carbonyl (C=O) groups excluding carboxylic acids is 1. The predicted molar refractivity (Wildman–Crippen MR) is 53.0 cm³/mol. The van der Waals surface area contributed by atoms with Gasteiger partial charge < -0.3 is 10.8 Å². The number of hydrogen-bond acceptors (Lipinski definition) is 3. The molecule has 3 N–H and O–H groups in total. The summed E-state index contributed by atoms with van der Waals surface area (Å²) >= 11 is 0. The molecule has 0 aliphatic heterocycles. The first kappa shape index (κ1) is 10.4. The molecule has 0 unspecified atom stereocenters. The zero-order chi connectivity index (χ0) is 10.4. The van der Waals surface area contributed by atoms with E-state index in [9.17, 15) is 4.79 Å². The van der Waals surface area contributed by atoms with E-state index in [0.717, 1.165) is 5.56 Å². The van der Waals surface area contributed by atoms with Crippen LogP contribution in [0, 0.1) is 0 Å². The van der Waals surface area contributed by atoms with Gasteiger partial charge in [-0.1, -0.05) is 6.08 Å². The van der Waals surface area contributed by atoms with Crippen molar-refractivity contribution in [3.8, 4) is 0 Å². The molecule has 14 heavy (non-hydrogen) atoms. The molecule has 0 aliphatic carbocycles. The quantitative estimate of drug-likeness (QED) is 0.727. The third kappa shape index (κ3) is 3.37. The number of rotatable bonds is 4. The second kappa shape index (κ2) is 5.14. The Bertz CT molecular complexity index is 348. The molecule has 0 saturated heterocycles. The van der Waals surface area contributed by atoms with Gasteiger partial charge in [-0.05, 0) is 23.8 Å². The zero-order valence-corrected chi connectivity index (χ0v) is 7.68. The lowest BCUT2D eigenvalue weighted by atomic mass is 10.2. The Morgan fingerprint density at radius 1 is 1.64 bits per heavy atom. The second-order valence-electron chi connectivity index (χ2n) is 2.82. The number of amides is 1. The van der Waals surface area contributed by atoms with Gasteiger partial charge in [-0.25, -0.2) is 0 Å². The summed E-state index contributed by atoms with van der Waals surface area (Å²) in [5.74, 6) is -0.375. The van der Waals surface area contributed by atoms with E-state index in [2.05, 4.69) is 4.98 Å². The number of aliphatic hydroxyl groups excluding tert-OH is 1. The minimum atomic E-state index is -0.375. The van der Waals surface area contributed by atoms with Gasteiger partial charge in [-0.3, -0.25) is 9.78 Å². The highest BCUT2D eigenvalue weighted by atomic mass is 16.3. The molecule has 4 nitrogen and oxygen atoms in total. The van der Waals surface area contributed by atoms with E-state index in [-0.39, 0.29) is 18.9 Å². The first-order valence-electron chi connectivity index (χ1n) is 4.23. The number of aromatic nitrogens is 1. The Hall–Kier alpha value is -1.68. The third-order valence-corrected chi connectivity index (χ3v) is 1.64. The van der Waals surface area contributed by atoms with E-state index < -0.39 is 0 Å². The van der Waals surface area contributed by atoms with Crippen molar-refractivity contribution >= 4 is 12.0 Å². The molecular formula is C10H12N2O2. The normalized spacial score (nSPS) is 10.6. The van der Waals surface area contributed by atoms with Crippen molar-refractivity contribution in [3.05, 3.63) is 35.7 Å². The third-order valence-electron chi connectivity index (χ3n) is 1.64. The standard InChI is InChI=1S/C10H12N2O2/c11-10(14)3-1-2-9-6-8(7-13)4-5-12-9/h1-2,4-6,13H,3,7H2,(H2,11,14). The van der Waals surface area contributed by atoms with Crippen molar-refractivity contribution in [1.82, 2.24) is 4.98 Å². The van der Waals surface area contributed by atoms with E-state index in [1.54, 1.807) is 30.5 Å². The van der Waals surface area contributed by atoms with E-state index in [4.69, 9.17) is 10.8 Å². The Kier molecular flexibility index (Phi) is 3.82.